The molecule has 0 saturated carbocycles. The number of carbonyl (C=O) groups is 1. The van der Waals surface area contributed by atoms with Crippen molar-refractivity contribution in [3.05, 3.63) is 41.8 Å². The van der Waals surface area contributed by atoms with Crippen LogP contribution in [-0.4, -0.2) is 31.2 Å². The second kappa shape index (κ2) is 8.07. The monoisotopic (exact) mass is 304 g/mol. The highest BCUT2D eigenvalue weighted by Gasteiger charge is 2.12. The first kappa shape index (κ1) is 15.9. The minimum Gasteiger partial charge on any atom is -0.497 e. The highest BCUT2D eigenvalue weighted by atomic mass is 16.5. The van der Waals surface area contributed by atoms with Crippen molar-refractivity contribution < 1.29 is 18.7 Å². The van der Waals surface area contributed by atoms with Crippen LogP contribution in [0.3, 0.4) is 0 Å². The van der Waals surface area contributed by atoms with Crippen LogP contribution in [0.1, 0.15) is 29.5 Å². The van der Waals surface area contributed by atoms with E-state index in [4.69, 9.17) is 13.9 Å². The fourth-order valence-corrected chi connectivity index (χ4v) is 1.97. The van der Waals surface area contributed by atoms with E-state index in [-0.39, 0.29) is 5.76 Å². The molecule has 2 aromatic rings. The van der Waals surface area contributed by atoms with Gasteiger partial charge in [-0.25, -0.2) is 9.78 Å². The Morgan fingerprint density at radius 1 is 1.41 bits per heavy atom. The van der Waals surface area contributed by atoms with Gasteiger partial charge in [-0.15, -0.1) is 0 Å². The van der Waals surface area contributed by atoms with Crippen LogP contribution in [0.5, 0.6) is 5.75 Å². The van der Waals surface area contributed by atoms with E-state index in [0.29, 0.717) is 19.2 Å². The van der Waals surface area contributed by atoms with E-state index in [1.165, 1.54) is 11.8 Å². The molecule has 2 rings (SSSR count). The summed E-state index contributed by atoms with van der Waals surface area (Å²) in [5, 5.41) is 3.04. The first-order chi connectivity index (χ1) is 10.7. The number of ether oxygens (including phenoxy) is 2. The Balaban J connectivity index is 1.75. The molecular weight excluding hydrogens is 284 g/mol. The third kappa shape index (κ3) is 4.51. The zero-order valence-corrected chi connectivity index (χ0v) is 12.8. The first-order valence-electron chi connectivity index (χ1n) is 7.22. The van der Waals surface area contributed by atoms with Gasteiger partial charge in [-0.1, -0.05) is 12.1 Å². The van der Waals surface area contributed by atoms with Crippen molar-refractivity contribution in [1.29, 1.82) is 0 Å². The number of aryl methyl sites for hydroxylation is 1. The highest BCUT2D eigenvalue weighted by Crippen LogP contribution is 2.14. The van der Waals surface area contributed by atoms with E-state index in [0.717, 1.165) is 18.6 Å². The predicted molar refractivity (Wildman–Crippen MR) is 82.3 cm³/mol. The lowest BCUT2D eigenvalue weighted by Crippen LogP contribution is -2.04. The number of rotatable bonds is 8. The van der Waals surface area contributed by atoms with Gasteiger partial charge in [0, 0.05) is 6.54 Å². The third-order valence-electron chi connectivity index (χ3n) is 3.03. The summed E-state index contributed by atoms with van der Waals surface area (Å²) >= 11 is 0. The zero-order chi connectivity index (χ0) is 15.8. The molecule has 0 bridgehead atoms. The minimum atomic E-state index is -0.501. The Bertz CT molecular complexity index is 610. The summed E-state index contributed by atoms with van der Waals surface area (Å²) in [6, 6.07) is 8.30. The summed E-state index contributed by atoms with van der Waals surface area (Å²) in [5.41, 5.74) is 1.21. The van der Waals surface area contributed by atoms with E-state index in [2.05, 4.69) is 16.4 Å². The van der Waals surface area contributed by atoms with Crippen LogP contribution in [0.15, 0.2) is 34.9 Å². The molecule has 0 unspecified atom stereocenters. The van der Waals surface area contributed by atoms with Gasteiger partial charge in [-0.05, 0) is 37.5 Å². The standard InChI is InChI=1S/C16H20N2O4/c1-3-21-15(19)14-11-18-16(22-14)17-9-5-7-12-6-4-8-13(10-12)20-2/h4,6,8,10-11H,3,5,7,9H2,1-2H3,(H,17,18). The molecule has 1 aromatic carbocycles. The number of anilines is 1. The van der Waals surface area contributed by atoms with Crippen LogP contribution in [0, 0.1) is 0 Å². The van der Waals surface area contributed by atoms with Crippen molar-refractivity contribution in [2.24, 2.45) is 0 Å². The SMILES string of the molecule is CCOC(=O)c1cnc(NCCCc2cccc(OC)c2)o1. The number of esters is 1. The van der Waals surface area contributed by atoms with Crippen molar-refractivity contribution in [3.63, 3.8) is 0 Å². The Hall–Kier alpha value is -2.50. The number of methoxy groups -OCH3 is 1. The summed E-state index contributed by atoms with van der Waals surface area (Å²) in [6.07, 6.45) is 3.18. The van der Waals surface area contributed by atoms with Crippen LogP contribution in [0.4, 0.5) is 6.01 Å². The lowest BCUT2D eigenvalue weighted by Gasteiger charge is -2.05. The topological polar surface area (TPSA) is 73.6 Å². The summed E-state index contributed by atoms with van der Waals surface area (Å²) in [7, 11) is 1.66. The molecule has 0 aliphatic carbocycles. The number of carbonyl (C=O) groups excluding carboxylic acids is 1. The number of nitrogens with one attached hydrogen (secondary N) is 1. The average Bonchev–Trinajstić information content (AvgIpc) is 3.01. The smallest absolute Gasteiger partial charge is 0.376 e. The molecule has 0 fully saturated rings. The van der Waals surface area contributed by atoms with Gasteiger partial charge in [0.15, 0.2) is 0 Å². The van der Waals surface area contributed by atoms with Crippen molar-refractivity contribution >= 4 is 12.0 Å². The van der Waals surface area contributed by atoms with Crippen molar-refractivity contribution in [2.75, 3.05) is 25.6 Å². The highest BCUT2D eigenvalue weighted by molar-refractivity contribution is 5.86. The Kier molecular flexibility index (Phi) is 5.82. The Labute approximate surface area is 129 Å². The van der Waals surface area contributed by atoms with E-state index >= 15 is 0 Å². The predicted octanol–water partition coefficient (Wildman–Crippen LogP) is 2.90. The van der Waals surface area contributed by atoms with Gasteiger partial charge in [-0.2, -0.15) is 0 Å². The summed E-state index contributed by atoms with van der Waals surface area (Å²) in [6.45, 7) is 2.74. The molecule has 0 saturated heterocycles. The molecule has 0 aliphatic rings. The molecule has 1 N–H and O–H groups in total. The molecule has 6 heteroatoms. The molecule has 1 heterocycles. The van der Waals surface area contributed by atoms with Crippen LogP contribution < -0.4 is 10.1 Å². The van der Waals surface area contributed by atoms with Crippen molar-refractivity contribution in [2.45, 2.75) is 19.8 Å². The van der Waals surface area contributed by atoms with Gasteiger partial charge in [-0.3, -0.25) is 0 Å². The number of hydrogen-bond acceptors (Lipinski definition) is 6. The summed E-state index contributed by atoms with van der Waals surface area (Å²) in [4.78, 5) is 15.4. The molecule has 118 valence electrons. The fraction of sp³-hybridized carbons (Fsp3) is 0.375. The van der Waals surface area contributed by atoms with Gasteiger partial charge in [0.2, 0.25) is 5.76 Å². The van der Waals surface area contributed by atoms with Gasteiger partial charge < -0.3 is 19.2 Å². The molecular formula is C16H20N2O4. The van der Waals surface area contributed by atoms with Gasteiger partial charge in [0.25, 0.3) is 6.01 Å². The largest absolute Gasteiger partial charge is 0.497 e. The first-order valence-corrected chi connectivity index (χ1v) is 7.22. The van der Waals surface area contributed by atoms with E-state index in [9.17, 15) is 4.79 Å². The molecule has 0 atom stereocenters. The third-order valence-corrected chi connectivity index (χ3v) is 3.03. The van der Waals surface area contributed by atoms with Crippen LogP contribution in [0.25, 0.3) is 0 Å². The molecule has 1 aromatic heterocycles. The van der Waals surface area contributed by atoms with Crippen molar-refractivity contribution in [3.8, 4) is 5.75 Å². The number of oxazole rings is 1. The van der Waals surface area contributed by atoms with Gasteiger partial charge >= 0.3 is 5.97 Å². The Morgan fingerprint density at radius 2 is 2.27 bits per heavy atom. The zero-order valence-electron chi connectivity index (χ0n) is 12.8. The molecule has 0 aliphatic heterocycles. The number of benzene rings is 1. The quantitative estimate of drug-likeness (QED) is 0.597. The maximum absolute atomic E-state index is 11.4. The molecule has 0 radical (unpaired) electrons. The summed E-state index contributed by atoms with van der Waals surface area (Å²) in [5.74, 6) is 0.466. The molecule has 6 nitrogen and oxygen atoms in total. The Morgan fingerprint density at radius 3 is 3.05 bits per heavy atom. The minimum absolute atomic E-state index is 0.108. The number of nitrogens with zero attached hydrogens (tertiary/aromatic N) is 1. The van der Waals surface area contributed by atoms with Gasteiger partial charge in [0.1, 0.15) is 5.75 Å². The second-order valence-electron chi connectivity index (χ2n) is 4.63. The van der Waals surface area contributed by atoms with Crippen LogP contribution >= 0.6 is 0 Å². The maximum atomic E-state index is 11.4. The maximum Gasteiger partial charge on any atom is 0.376 e. The van der Waals surface area contributed by atoms with E-state index in [1.54, 1.807) is 14.0 Å². The van der Waals surface area contributed by atoms with Crippen LogP contribution in [-0.2, 0) is 11.2 Å². The molecule has 22 heavy (non-hydrogen) atoms. The molecule has 0 spiro atoms. The number of aromatic nitrogens is 1. The fourth-order valence-electron chi connectivity index (χ4n) is 1.97. The van der Waals surface area contributed by atoms with E-state index < -0.39 is 5.97 Å². The lowest BCUT2D eigenvalue weighted by atomic mass is 10.1. The van der Waals surface area contributed by atoms with Crippen LogP contribution in [0.2, 0.25) is 0 Å². The molecule has 0 amide bonds. The van der Waals surface area contributed by atoms with Gasteiger partial charge in [0.05, 0.1) is 19.9 Å². The van der Waals surface area contributed by atoms with Crippen molar-refractivity contribution in [1.82, 2.24) is 4.98 Å². The number of hydrogen-bond donors (Lipinski definition) is 1. The second-order valence-corrected chi connectivity index (χ2v) is 4.63. The average molecular weight is 304 g/mol. The normalized spacial score (nSPS) is 10.3. The summed E-state index contributed by atoms with van der Waals surface area (Å²) < 4.78 is 15.3. The lowest BCUT2D eigenvalue weighted by molar-refractivity contribution is 0.0491. The van der Waals surface area contributed by atoms with E-state index in [1.807, 2.05) is 18.2 Å².